The van der Waals surface area contributed by atoms with E-state index in [1.54, 1.807) is 20.0 Å². The Morgan fingerprint density at radius 2 is 1.88 bits per heavy atom. The van der Waals surface area contributed by atoms with E-state index in [4.69, 9.17) is 0 Å². The maximum atomic E-state index is 13.3. The number of para-hydroxylation sites is 2. The Labute approximate surface area is 169 Å². The monoisotopic (exact) mass is 467 g/mol. The second kappa shape index (κ2) is 8.98. The summed E-state index contributed by atoms with van der Waals surface area (Å²) in [4.78, 5) is 8.86. The fourth-order valence-corrected chi connectivity index (χ4v) is 2.74. The summed E-state index contributed by atoms with van der Waals surface area (Å²) in [6.07, 6.45) is 0. The summed E-state index contributed by atoms with van der Waals surface area (Å²) in [6.45, 7) is 2.90. The quantitative estimate of drug-likeness (QED) is 0.351. The number of fused-ring (bicyclic) bond motifs is 1. The van der Waals surface area contributed by atoms with Crippen molar-refractivity contribution < 1.29 is 4.39 Å². The van der Waals surface area contributed by atoms with Crippen LogP contribution in [-0.2, 0) is 20.1 Å². The molecular weight excluding hydrogens is 444 g/mol. The molecule has 0 bridgehead atoms. The lowest BCUT2D eigenvalue weighted by Crippen LogP contribution is -2.36. The molecule has 3 rings (SSSR count). The molecule has 2 N–H and O–H groups in total. The zero-order chi connectivity index (χ0) is 17.8. The van der Waals surface area contributed by atoms with Crippen molar-refractivity contribution in [1.82, 2.24) is 20.2 Å². The molecule has 7 heteroatoms. The first-order valence-electron chi connectivity index (χ1n) is 8.18. The van der Waals surface area contributed by atoms with Crippen LogP contribution in [0.4, 0.5) is 4.39 Å². The Hall–Kier alpha value is -2.16. The molecule has 26 heavy (non-hydrogen) atoms. The Morgan fingerprint density at radius 1 is 1.15 bits per heavy atom. The van der Waals surface area contributed by atoms with Gasteiger partial charge in [-0.3, -0.25) is 4.99 Å². The molecule has 1 aromatic heterocycles. The highest BCUT2D eigenvalue weighted by molar-refractivity contribution is 14.0. The number of rotatable bonds is 4. The fourth-order valence-electron chi connectivity index (χ4n) is 2.74. The highest BCUT2D eigenvalue weighted by Crippen LogP contribution is 2.14. The van der Waals surface area contributed by atoms with Crippen LogP contribution in [-0.4, -0.2) is 22.6 Å². The third-order valence-electron chi connectivity index (χ3n) is 4.20. The van der Waals surface area contributed by atoms with Crippen molar-refractivity contribution in [3.63, 3.8) is 0 Å². The Bertz CT molecular complexity index is 919. The van der Waals surface area contributed by atoms with Crippen molar-refractivity contribution >= 4 is 41.0 Å². The van der Waals surface area contributed by atoms with Crippen molar-refractivity contribution in [1.29, 1.82) is 0 Å². The minimum absolute atomic E-state index is 0. The van der Waals surface area contributed by atoms with Crippen molar-refractivity contribution in [3.05, 3.63) is 65.2 Å². The molecule has 138 valence electrons. The van der Waals surface area contributed by atoms with E-state index >= 15 is 0 Å². The molecule has 3 aromatic rings. The lowest BCUT2D eigenvalue weighted by molar-refractivity contribution is 0.617. The number of halogens is 2. The van der Waals surface area contributed by atoms with Gasteiger partial charge in [-0.2, -0.15) is 0 Å². The second-order valence-electron chi connectivity index (χ2n) is 5.94. The summed E-state index contributed by atoms with van der Waals surface area (Å²) in [7, 11) is 3.73. The van der Waals surface area contributed by atoms with Gasteiger partial charge in [0.2, 0.25) is 0 Å². The molecule has 0 amide bonds. The maximum Gasteiger partial charge on any atom is 0.191 e. The number of guanidine groups is 1. The standard InChI is InChI=1S/C19H22FN5.HI/c1-13-10-14(8-9-15(13)20)11-22-19(21-2)23-12-18-24-16-6-4-5-7-17(16)25(18)3;/h4-10H,11-12H2,1-3H3,(H2,21,22,23);1H. The van der Waals surface area contributed by atoms with E-state index in [9.17, 15) is 4.39 Å². The van der Waals surface area contributed by atoms with Crippen LogP contribution >= 0.6 is 24.0 Å². The highest BCUT2D eigenvalue weighted by atomic mass is 127. The van der Waals surface area contributed by atoms with Crippen LogP contribution in [0.1, 0.15) is 17.0 Å². The van der Waals surface area contributed by atoms with Crippen LogP contribution in [0.15, 0.2) is 47.5 Å². The first-order valence-corrected chi connectivity index (χ1v) is 8.18. The van der Waals surface area contributed by atoms with Crippen molar-refractivity contribution in [3.8, 4) is 0 Å². The van der Waals surface area contributed by atoms with Gasteiger partial charge >= 0.3 is 0 Å². The van der Waals surface area contributed by atoms with E-state index in [0.717, 1.165) is 22.4 Å². The molecule has 0 atom stereocenters. The van der Waals surface area contributed by atoms with Crippen LogP contribution < -0.4 is 10.6 Å². The first kappa shape index (κ1) is 20.2. The molecule has 0 saturated heterocycles. The van der Waals surface area contributed by atoms with Crippen molar-refractivity contribution in [2.75, 3.05) is 7.05 Å². The Kier molecular flexibility index (Phi) is 6.96. The lowest BCUT2D eigenvalue weighted by atomic mass is 10.1. The number of hydrogen-bond donors (Lipinski definition) is 2. The number of nitrogens with one attached hydrogen (secondary N) is 2. The van der Waals surface area contributed by atoms with Gasteiger partial charge in [0.1, 0.15) is 11.6 Å². The van der Waals surface area contributed by atoms with E-state index in [1.807, 2.05) is 31.3 Å². The van der Waals surface area contributed by atoms with Gasteiger partial charge in [-0.15, -0.1) is 24.0 Å². The molecule has 0 aliphatic carbocycles. The summed E-state index contributed by atoms with van der Waals surface area (Å²) >= 11 is 0. The summed E-state index contributed by atoms with van der Waals surface area (Å²) in [5.41, 5.74) is 3.72. The van der Waals surface area contributed by atoms with Crippen LogP contribution in [0.5, 0.6) is 0 Å². The zero-order valence-electron chi connectivity index (χ0n) is 15.1. The van der Waals surface area contributed by atoms with Gasteiger partial charge in [0.25, 0.3) is 0 Å². The molecule has 5 nitrogen and oxygen atoms in total. The average Bonchev–Trinajstić information content (AvgIpc) is 2.94. The van der Waals surface area contributed by atoms with E-state index in [2.05, 4.69) is 31.2 Å². The van der Waals surface area contributed by atoms with Crippen LogP contribution in [0.3, 0.4) is 0 Å². The van der Waals surface area contributed by atoms with E-state index in [1.165, 1.54) is 6.07 Å². The van der Waals surface area contributed by atoms with Crippen LogP contribution in [0.2, 0.25) is 0 Å². The smallest absolute Gasteiger partial charge is 0.191 e. The molecule has 0 aliphatic rings. The van der Waals surface area contributed by atoms with Crippen LogP contribution in [0, 0.1) is 12.7 Å². The molecule has 0 radical (unpaired) electrons. The lowest BCUT2D eigenvalue weighted by Gasteiger charge is -2.12. The fraction of sp³-hybridized carbons (Fsp3) is 0.263. The van der Waals surface area contributed by atoms with Crippen LogP contribution in [0.25, 0.3) is 11.0 Å². The predicted octanol–water partition coefficient (Wildman–Crippen LogP) is 3.50. The summed E-state index contributed by atoms with van der Waals surface area (Å²) < 4.78 is 15.4. The van der Waals surface area contributed by atoms with Gasteiger partial charge in [-0.1, -0.05) is 24.3 Å². The molecule has 0 aliphatic heterocycles. The largest absolute Gasteiger partial charge is 0.352 e. The van der Waals surface area contributed by atoms with Crippen molar-refractivity contribution in [2.24, 2.45) is 12.0 Å². The van der Waals surface area contributed by atoms with Gasteiger partial charge in [0.05, 0.1) is 17.6 Å². The highest BCUT2D eigenvalue weighted by Gasteiger charge is 2.08. The second-order valence-corrected chi connectivity index (χ2v) is 5.94. The van der Waals surface area contributed by atoms with E-state index in [-0.39, 0.29) is 29.8 Å². The predicted molar refractivity (Wildman–Crippen MR) is 114 cm³/mol. The molecule has 0 unspecified atom stereocenters. The number of aromatic nitrogens is 2. The third-order valence-corrected chi connectivity index (χ3v) is 4.20. The number of aryl methyl sites for hydroxylation is 2. The number of nitrogens with zero attached hydrogens (tertiary/aromatic N) is 3. The summed E-state index contributed by atoms with van der Waals surface area (Å²) in [5.74, 6) is 1.42. The minimum atomic E-state index is -0.187. The number of aliphatic imine (C=N–C) groups is 1. The van der Waals surface area contributed by atoms with Gasteiger partial charge in [-0.25, -0.2) is 9.37 Å². The molecule has 2 aromatic carbocycles. The number of hydrogen-bond acceptors (Lipinski definition) is 2. The Morgan fingerprint density at radius 3 is 2.58 bits per heavy atom. The van der Waals surface area contributed by atoms with Crippen molar-refractivity contribution in [2.45, 2.75) is 20.0 Å². The Balaban J connectivity index is 0.00000243. The summed E-state index contributed by atoms with van der Waals surface area (Å²) in [5, 5.41) is 6.50. The topological polar surface area (TPSA) is 54.2 Å². The molecule has 0 spiro atoms. The molecule has 0 saturated carbocycles. The van der Waals surface area contributed by atoms with Gasteiger partial charge in [0, 0.05) is 20.6 Å². The molecule has 1 heterocycles. The molecular formula is C19H23FIN5. The maximum absolute atomic E-state index is 13.3. The van der Waals surface area contributed by atoms with Gasteiger partial charge < -0.3 is 15.2 Å². The first-order chi connectivity index (χ1) is 12.1. The number of imidazole rings is 1. The van der Waals surface area contributed by atoms with E-state index < -0.39 is 0 Å². The molecule has 0 fully saturated rings. The van der Waals surface area contributed by atoms with E-state index in [0.29, 0.717) is 24.6 Å². The summed E-state index contributed by atoms with van der Waals surface area (Å²) in [6, 6.07) is 13.1. The number of benzene rings is 2. The van der Waals surface area contributed by atoms with Gasteiger partial charge in [0.15, 0.2) is 5.96 Å². The third kappa shape index (κ3) is 4.51. The zero-order valence-corrected chi connectivity index (χ0v) is 17.4. The van der Waals surface area contributed by atoms with Gasteiger partial charge in [-0.05, 0) is 36.2 Å². The SMILES string of the molecule is CN=C(NCc1ccc(F)c(C)c1)NCc1nc2ccccc2n1C.I. The normalized spacial score (nSPS) is 11.3. The average molecular weight is 467 g/mol. The minimum Gasteiger partial charge on any atom is -0.352 e.